The molecule has 0 aliphatic heterocycles. The second-order valence-corrected chi connectivity index (χ2v) is 6.46. The van der Waals surface area contributed by atoms with E-state index in [1.54, 1.807) is 25.2 Å². The quantitative estimate of drug-likeness (QED) is 0.681. The van der Waals surface area contributed by atoms with Crippen LogP contribution in [0.4, 0.5) is 0 Å². The highest BCUT2D eigenvalue weighted by Gasteiger charge is 2.15. The fourth-order valence-electron chi connectivity index (χ4n) is 2.18. The van der Waals surface area contributed by atoms with Crippen molar-refractivity contribution < 1.29 is 23.9 Å². The first-order valence-corrected chi connectivity index (χ1v) is 8.60. The molecule has 2 aromatic rings. The summed E-state index contributed by atoms with van der Waals surface area (Å²) in [7, 11) is 2.86. The molecule has 0 saturated heterocycles. The molecule has 0 radical (unpaired) electrons. The zero-order valence-electron chi connectivity index (χ0n) is 14.7. The Morgan fingerprint density at radius 1 is 0.926 bits per heavy atom. The van der Waals surface area contributed by atoms with E-state index in [2.05, 4.69) is 4.74 Å². The molecule has 0 aliphatic rings. The second kappa shape index (κ2) is 9.39. The number of likely N-dealkylation sites (N-methyl/N-ethyl adjacent to an activating group) is 1. The van der Waals surface area contributed by atoms with Crippen LogP contribution < -0.4 is 0 Å². The Bertz CT molecular complexity index is 852. The highest BCUT2D eigenvalue weighted by atomic mass is 35.5. The predicted molar refractivity (Wildman–Crippen MR) is 101 cm³/mol. The normalized spacial score (nSPS) is 10.2. The summed E-state index contributed by atoms with van der Waals surface area (Å²) in [5.74, 6) is -1.54. The molecule has 0 heterocycles. The van der Waals surface area contributed by atoms with Gasteiger partial charge in [-0.05, 0) is 42.0 Å². The molecule has 0 N–H and O–H groups in total. The van der Waals surface area contributed by atoms with Gasteiger partial charge in [0, 0.05) is 13.6 Å². The molecule has 142 valence electrons. The number of halogens is 2. The highest BCUT2D eigenvalue weighted by Crippen LogP contribution is 2.23. The maximum absolute atomic E-state index is 12.1. The Balaban J connectivity index is 1.89. The summed E-state index contributed by atoms with van der Waals surface area (Å²) in [5, 5.41) is 0.832. The lowest BCUT2D eigenvalue weighted by molar-refractivity contribution is -0.133. The molecule has 2 rings (SSSR count). The van der Waals surface area contributed by atoms with Crippen LogP contribution >= 0.6 is 23.2 Å². The molecular formula is C19H17Cl2NO5. The zero-order chi connectivity index (χ0) is 20.0. The van der Waals surface area contributed by atoms with Gasteiger partial charge in [0.25, 0.3) is 5.91 Å². The minimum atomic E-state index is -0.664. The van der Waals surface area contributed by atoms with Crippen LogP contribution in [0.3, 0.4) is 0 Å². The molecule has 1 amide bonds. The van der Waals surface area contributed by atoms with Gasteiger partial charge in [0.2, 0.25) is 0 Å². The van der Waals surface area contributed by atoms with Crippen molar-refractivity contribution in [2.24, 2.45) is 0 Å². The van der Waals surface area contributed by atoms with Gasteiger partial charge in [-0.15, -0.1) is 0 Å². The summed E-state index contributed by atoms with van der Waals surface area (Å²) in [6.45, 7) is -0.115. The van der Waals surface area contributed by atoms with E-state index in [1.165, 1.54) is 36.3 Å². The number of methoxy groups -OCH3 is 1. The van der Waals surface area contributed by atoms with E-state index in [0.717, 1.165) is 5.56 Å². The van der Waals surface area contributed by atoms with Crippen molar-refractivity contribution >= 4 is 41.0 Å². The van der Waals surface area contributed by atoms with E-state index in [-0.39, 0.29) is 11.5 Å². The van der Waals surface area contributed by atoms with Gasteiger partial charge in [0.1, 0.15) is 0 Å². The number of carbonyl (C=O) groups excluding carboxylic acids is 3. The SMILES string of the molecule is COC(=O)c1ccc(C(=O)OCC(=O)N(C)Cc2ccc(Cl)c(Cl)c2)cc1. The first-order chi connectivity index (χ1) is 12.8. The van der Waals surface area contributed by atoms with E-state index in [4.69, 9.17) is 27.9 Å². The van der Waals surface area contributed by atoms with Crippen molar-refractivity contribution in [1.82, 2.24) is 4.90 Å². The number of carbonyl (C=O) groups is 3. The number of amides is 1. The number of hydrogen-bond donors (Lipinski definition) is 0. The summed E-state index contributed by atoms with van der Waals surface area (Å²) in [4.78, 5) is 36.9. The topological polar surface area (TPSA) is 72.9 Å². The van der Waals surface area contributed by atoms with Gasteiger partial charge in [-0.1, -0.05) is 29.3 Å². The summed E-state index contributed by atoms with van der Waals surface area (Å²) >= 11 is 11.8. The highest BCUT2D eigenvalue weighted by molar-refractivity contribution is 6.42. The fourth-order valence-corrected chi connectivity index (χ4v) is 2.50. The van der Waals surface area contributed by atoms with Crippen LogP contribution in [0.1, 0.15) is 26.3 Å². The minimum absolute atomic E-state index is 0.225. The first kappa shape index (κ1) is 20.7. The molecule has 0 saturated carbocycles. The number of nitrogens with zero attached hydrogens (tertiary/aromatic N) is 1. The molecule has 0 unspecified atom stereocenters. The van der Waals surface area contributed by atoms with E-state index < -0.39 is 18.5 Å². The van der Waals surface area contributed by atoms with Crippen molar-refractivity contribution in [3.05, 3.63) is 69.2 Å². The van der Waals surface area contributed by atoms with Crippen molar-refractivity contribution in [2.75, 3.05) is 20.8 Å². The molecule has 6 nitrogen and oxygen atoms in total. The molecule has 8 heteroatoms. The number of hydrogen-bond acceptors (Lipinski definition) is 5. The van der Waals surface area contributed by atoms with Crippen LogP contribution in [0, 0.1) is 0 Å². The van der Waals surface area contributed by atoms with Gasteiger partial charge in [0.15, 0.2) is 6.61 Å². The maximum atomic E-state index is 12.1. The zero-order valence-corrected chi connectivity index (χ0v) is 16.2. The van der Waals surface area contributed by atoms with Crippen molar-refractivity contribution in [2.45, 2.75) is 6.54 Å². The average molecular weight is 410 g/mol. The second-order valence-electron chi connectivity index (χ2n) is 5.64. The van der Waals surface area contributed by atoms with Crippen LogP contribution in [-0.2, 0) is 20.8 Å². The molecular weight excluding hydrogens is 393 g/mol. The lowest BCUT2D eigenvalue weighted by Gasteiger charge is -2.17. The molecule has 0 fully saturated rings. The Morgan fingerprint density at radius 2 is 1.52 bits per heavy atom. The molecule has 0 aromatic heterocycles. The minimum Gasteiger partial charge on any atom is -0.465 e. The lowest BCUT2D eigenvalue weighted by atomic mass is 10.1. The summed E-state index contributed by atoms with van der Waals surface area (Å²) < 4.78 is 9.61. The molecule has 0 bridgehead atoms. The average Bonchev–Trinajstić information content (AvgIpc) is 2.68. The molecule has 0 spiro atoms. The summed E-state index contributed by atoms with van der Waals surface area (Å²) in [6.07, 6.45) is 0. The van der Waals surface area contributed by atoms with Crippen LogP contribution in [0.25, 0.3) is 0 Å². The van der Waals surface area contributed by atoms with Crippen LogP contribution in [-0.4, -0.2) is 43.5 Å². The smallest absolute Gasteiger partial charge is 0.338 e. The maximum Gasteiger partial charge on any atom is 0.338 e. The Hall–Kier alpha value is -2.57. The lowest BCUT2D eigenvalue weighted by Crippen LogP contribution is -2.30. The predicted octanol–water partition coefficient (Wildman–Crippen LogP) is 3.60. The summed E-state index contributed by atoms with van der Waals surface area (Å²) in [6, 6.07) is 10.8. The van der Waals surface area contributed by atoms with E-state index >= 15 is 0 Å². The number of esters is 2. The van der Waals surface area contributed by atoms with Gasteiger partial charge < -0.3 is 14.4 Å². The third kappa shape index (κ3) is 5.70. The molecule has 2 aromatic carbocycles. The van der Waals surface area contributed by atoms with E-state index in [9.17, 15) is 14.4 Å². The van der Waals surface area contributed by atoms with Crippen LogP contribution in [0.15, 0.2) is 42.5 Å². The molecule has 0 aliphatic carbocycles. The molecule has 27 heavy (non-hydrogen) atoms. The van der Waals surface area contributed by atoms with Crippen molar-refractivity contribution in [3.63, 3.8) is 0 Å². The molecule has 0 atom stereocenters. The largest absolute Gasteiger partial charge is 0.465 e. The van der Waals surface area contributed by atoms with Gasteiger partial charge in [-0.3, -0.25) is 4.79 Å². The Morgan fingerprint density at radius 3 is 2.07 bits per heavy atom. The third-order valence-electron chi connectivity index (χ3n) is 3.70. The van der Waals surface area contributed by atoms with Crippen molar-refractivity contribution in [1.29, 1.82) is 0 Å². The first-order valence-electron chi connectivity index (χ1n) is 7.85. The monoisotopic (exact) mass is 409 g/mol. The number of benzene rings is 2. The van der Waals surface area contributed by atoms with Gasteiger partial charge >= 0.3 is 11.9 Å². The van der Waals surface area contributed by atoms with E-state index in [1.807, 2.05) is 0 Å². The van der Waals surface area contributed by atoms with Crippen molar-refractivity contribution in [3.8, 4) is 0 Å². The third-order valence-corrected chi connectivity index (χ3v) is 4.44. The Kier molecular flexibility index (Phi) is 7.21. The Labute approximate surface area is 166 Å². The van der Waals surface area contributed by atoms with Crippen LogP contribution in [0.5, 0.6) is 0 Å². The van der Waals surface area contributed by atoms with Gasteiger partial charge in [-0.25, -0.2) is 9.59 Å². The number of rotatable bonds is 6. The number of ether oxygens (including phenoxy) is 2. The fraction of sp³-hybridized carbons (Fsp3) is 0.211. The van der Waals surface area contributed by atoms with Crippen LogP contribution in [0.2, 0.25) is 10.0 Å². The standard InChI is InChI=1S/C19H17Cl2NO5/c1-22(10-12-3-8-15(20)16(21)9-12)17(23)11-27-19(25)14-6-4-13(5-7-14)18(24)26-2/h3-9H,10-11H2,1-2H3. The summed E-state index contributed by atoms with van der Waals surface area (Å²) in [5.41, 5.74) is 1.33. The van der Waals surface area contributed by atoms with Gasteiger partial charge in [-0.2, -0.15) is 0 Å². The van der Waals surface area contributed by atoms with E-state index in [0.29, 0.717) is 22.2 Å². The van der Waals surface area contributed by atoms with Gasteiger partial charge in [0.05, 0.1) is 28.3 Å².